The number of nitriles is 1. The summed E-state index contributed by atoms with van der Waals surface area (Å²) in [5.41, 5.74) is 1.96. The van der Waals surface area contributed by atoms with Crippen LogP contribution in [0.3, 0.4) is 0 Å². The summed E-state index contributed by atoms with van der Waals surface area (Å²) in [4.78, 5) is 12.2. The first kappa shape index (κ1) is 25.5. The summed E-state index contributed by atoms with van der Waals surface area (Å²) in [6.45, 7) is 9.32. The fourth-order valence-electron chi connectivity index (χ4n) is 3.91. The third kappa shape index (κ3) is 6.16. The molecule has 0 spiro atoms. The second kappa shape index (κ2) is 10.6. The first-order chi connectivity index (χ1) is 17.2. The van der Waals surface area contributed by atoms with Crippen molar-refractivity contribution in [2.24, 2.45) is 0 Å². The van der Waals surface area contributed by atoms with E-state index in [1.165, 1.54) is 10.7 Å². The number of halogens is 4. The Kier molecular flexibility index (Phi) is 7.51. The monoisotopic (exact) mass is 516 g/mol. The van der Waals surface area contributed by atoms with Gasteiger partial charge in [-0.25, -0.2) is 4.98 Å². The smallest absolute Gasteiger partial charge is 0.362 e. The van der Waals surface area contributed by atoms with Crippen LogP contribution in [-0.4, -0.2) is 31.8 Å². The Morgan fingerprint density at radius 2 is 2.08 bits per heavy atom. The fraction of sp³-hybridized carbons (Fsp3) is 0.458. The number of fused-ring (bicyclic) bond motifs is 1. The quantitative estimate of drug-likeness (QED) is 0.220. The SMILES string of the molecule is [C-]#[N+]c1cnc2c(NC3CC3)nc(Nc3cc(C#N)cc(C(C)CCCCCC(F)(F)F)c3Cl)nn12. The minimum Gasteiger partial charge on any atom is -0.362 e. The predicted molar refractivity (Wildman–Crippen MR) is 131 cm³/mol. The number of nitrogens with one attached hydrogen (secondary N) is 2. The molecule has 1 aromatic carbocycles. The molecule has 2 heterocycles. The van der Waals surface area contributed by atoms with Crippen LogP contribution in [-0.2, 0) is 0 Å². The van der Waals surface area contributed by atoms with Gasteiger partial charge < -0.3 is 15.5 Å². The summed E-state index contributed by atoms with van der Waals surface area (Å²) < 4.78 is 38.5. The highest BCUT2D eigenvalue weighted by Gasteiger charge is 2.27. The molecule has 2 N–H and O–H groups in total. The second-order valence-corrected chi connectivity index (χ2v) is 9.32. The van der Waals surface area contributed by atoms with E-state index in [0.29, 0.717) is 53.0 Å². The van der Waals surface area contributed by atoms with E-state index in [9.17, 15) is 18.4 Å². The number of nitrogens with zero attached hydrogens (tertiary/aromatic N) is 6. The molecule has 4 rings (SSSR count). The Bertz CT molecular complexity index is 1330. The number of hydrogen-bond acceptors (Lipinski definition) is 6. The van der Waals surface area contributed by atoms with Crippen LogP contribution in [0.4, 0.5) is 36.4 Å². The third-order valence-corrected chi connectivity index (χ3v) is 6.40. The summed E-state index contributed by atoms with van der Waals surface area (Å²) in [6, 6.07) is 5.71. The number of hydrogen-bond donors (Lipinski definition) is 2. The lowest BCUT2D eigenvalue weighted by molar-refractivity contribution is -0.135. The van der Waals surface area contributed by atoms with Crippen molar-refractivity contribution in [3.63, 3.8) is 0 Å². The number of alkyl halides is 3. The number of anilines is 3. The Morgan fingerprint density at radius 1 is 1.31 bits per heavy atom. The number of aromatic nitrogens is 4. The third-order valence-electron chi connectivity index (χ3n) is 5.98. The van der Waals surface area contributed by atoms with Crippen molar-refractivity contribution in [1.82, 2.24) is 19.6 Å². The van der Waals surface area contributed by atoms with E-state index in [1.807, 2.05) is 6.92 Å². The van der Waals surface area contributed by atoms with Crippen molar-refractivity contribution in [2.75, 3.05) is 10.6 Å². The van der Waals surface area contributed by atoms with E-state index in [1.54, 1.807) is 12.1 Å². The lowest BCUT2D eigenvalue weighted by atomic mass is 9.93. The Balaban J connectivity index is 1.57. The number of benzene rings is 1. The van der Waals surface area contributed by atoms with Crippen LogP contribution in [0.2, 0.25) is 5.02 Å². The normalized spacial score (nSPS) is 14.3. The van der Waals surface area contributed by atoms with Gasteiger partial charge in [0.15, 0.2) is 5.82 Å². The van der Waals surface area contributed by atoms with E-state index in [4.69, 9.17) is 18.2 Å². The van der Waals surface area contributed by atoms with Crippen LogP contribution in [0.15, 0.2) is 18.3 Å². The van der Waals surface area contributed by atoms with E-state index >= 15 is 0 Å². The molecular weight excluding hydrogens is 493 g/mol. The zero-order chi connectivity index (χ0) is 25.9. The van der Waals surface area contributed by atoms with Gasteiger partial charge in [0.2, 0.25) is 0 Å². The van der Waals surface area contributed by atoms with Gasteiger partial charge in [0.05, 0.1) is 28.5 Å². The molecule has 0 bridgehead atoms. The highest BCUT2D eigenvalue weighted by Crippen LogP contribution is 2.37. The number of imidazole rings is 1. The molecular formula is C24H24ClF3N8. The maximum atomic E-state index is 12.4. The van der Waals surface area contributed by atoms with Crippen LogP contribution in [0.1, 0.15) is 68.9 Å². The van der Waals surface area contributed by atoms with Gasteiger partial charge in [0, 0.05) is 12.5 Å². The Morgan fingerprint density at radius 3 is 2.75 bits per heavy atom. The van der Waals surface area contributed by atoms with Gasteiger partial charge in [-0.15, -0.1) is 4.52 Å². The fourth-order valence-corrected chi connectivity index (χ4v) is 4.25. The highest BCUT2D eigenvalue weighted by atomic mass is 35.5. The lowest BCUT2D eigenvalue weighted by Crippen LogP contribution is -2.10. The van der Waals surface area contributed by atoms with Crippen molar-refractivity contribution >= 4 is 40.5 Å². The van der Waals surface area contributed by atoms with Crippen LogP contribution in [0, 0.1) is 17.9 Å². The summed E-state index contributed by atoms with van der Waals surface area (Å²) in [5, 5.41) is 20.7. The molecule has 0 radical (unpaired) electrons. The molecule has 0 amide bonds. The molecule has 12 heteroatoms. The molecule has 8 nitrogen and oxygen atoms in total. The van der Waals surface area contributed by atoms with Gasteiger partial charge in [0.25, 0.3) is 17.4 Å². The van der Waals surface area contributed by atoms with Crippen LogP contribution >= 0.6 is 11.6 Å². The molecule has 1 fully saturated rings. The van der Waals surface area contributed by atoms with Crippen molar-refractivity contribution < 1.29 is 13.2 Å². The zero-order valence-corrected chi connectivity index (χ0v) is 20.3. The van der Waals surface area contributed by atoms with Gasteiger partial charge in [-0.05, 0) is 49.3 Å². The molecule has 1 aliphatic rings. The average molecular weight is 517 g/mol. The molecule has 1 saturated carbocycles. The van der Waals surface area contributed by atoms with Crippen molar-refractivity contribution in [1.29, 1.82) is 5.26 Å². The van der Waals surface area contributed by atoms with Crippen LogP contribution < -0.4 is 10.6 Å². The summed E-state index contributed by atoms with van der Waals surface area (Å²) >= 11 is 6.71. The van der Waals surface area contributed by atoms with Gasteiger partial charge in [-0.1, -0.05) is 43.0 Å². The molecule has 1 atom stereocenters. The van der Waals surface area contributed by atoms with Gasteiger partial charge in [0.1, 0.15) is 0 Å². The zero-order valence-electron chi connectivity index (χ0n) is 19.5. The van der Waals surface area contributed by atoms with Gasteiger partial charge in [-0.2, -0.15) is 23.4 Å². The van der Waals surface area contributed by atoms with E-state index in [2.05, 4.69) is 36.6 Å². The Labute approximate surface area is 211 Å². The van der Waals surface area contributed by atoms with Gasteiger partial charge >= 0.3 is 6.18 Å². The molecule has 2 aromatic heterocycles. The largest absolute Gasteiger partial charge is 0.389 e. The molecule has 3 aromatic rings. The van der Waals surface area contributed by atoms with Crippen molar-refractivity contribution in [2.45, 2.75) is 70.0 Å². The lowest BCUT2D eigenvalue weighted by Gasteiger charge is -2.17. The highest BCUT2D eigenvalue weighted by molar-refractivity contribution is 6.34. The molecule has 188 valence electrons. The average Bonchev–Trinajstić information content (AvgIpc) is 3.55. The minimum absolute atomic E-state index is 0.0740. The number of rotatable bonds is 10. The van der Waals surface area contributed by atoms with E-state index in [0.717, 1.165) is 18.4 Å². The van der Waals surface area contributed by atoms with E-state index < -0.39 is 12.6 Å². The molecule has 1 aliphatic carbocycles. The first-order valence-corrected chi connectivity index (χ1v) is 12.0. The van der Waals surface area contributed by atoms with Gasteiger partial charge in [-0.3, -0.25) is 0 Å². The molecule has 1 unspecified atom stereocenters. The van der Waals surface area contributed by atoms with Crippen molar-refractivity contribution in [3.8, 4) is 6.07 Å². The standard InChI is InChI=1S/C24H24ClF3N8/c1-14(6-4-3-5-9-24(26,27)28)17-10-15(12-29)11-18(20(17)25)33-23-34-21(32-16-7-8-16)22-31-13-19(30-2)36(22)35-23/h10-11,13-14,16H,3-9H2,1H3,(H2,32,33,34,35). The first-order valence-electron chi connectivity index (χ1n) is 11.7. The minimum atomic E-state index is -4.14. The Hall–Kier alpha value is -3.57. The maximum absolute atomic E-state index is 12.4. The second-order valence-electron chi connectivity index (χ2n) is 8.95. The summed E-state index contributed by atoms with van der Waals surface area (Å²) in [6.07, 6.45) is 0.338. The maximum Gasteiger partial charge on any atom is 0.389 e. The summed E-state index contributed by atoms with van der Waals surface area (Å²) in [5.74, 6) is 0.822. The molecule has 0 aliphatic heterocycles. The number of unbranched alkanes of at least 4 members (excludes halogenated alkanes) is 2. The van der Waals surface area contributed by atoms with Crippen LogP contribution in [0.5, 0.6) is 0 Å². The van der Waals surface area contributed by atoms with Crippen molar-refractivity contribution in [3.05, 3.63) is 45.9 Å². The molecule has 36 heavy (non-hydrogen) atoms. The van der Waals surface area contributed by atoms with Crippen LogP contribution in [0.25, 0.3) is 10.5 Å². The topological polar surface area (TPSA) is 95.3 Å². The molecule has 0 saturated heterocycles. The predicted octanol–water partition coefficient (Wildman–Crippen LogP) is 7.13. The van der Waals surface area contributed by atoms with E-state index in [-0.39, 0.29) is 24.1 Å². The summed E-state index contributed by atoms with van der Waals surface area (Å²) in [7, 11) is 0.